The van der Waals surface area contributed by atoms with Gasteiger partial charge in [0.05, 0.1) is 5.56 Å². The number of ether oxygens (including phenoxy) is 1. The molecule has 93 valence electrons. The molecule has 3 nitrogen and oxygen atoms in total. The highest BCUT2D eigenvalue weighted by Crippen LogP contribution is 2.14. The van der Waals surface area contributed by atoms with E-state index < -0.39 is 0 Å². The molecule has 1 N–H and O–H groups in total. The number of carbonyl (C=O) groups is 1. The molecule has 0 aliphatic carbocycles. The summed E-state index contributed by atoms with van der Waals surface area (Å²) in [5.41, 5.74) is 0.456. The standard InChI is InChI=1S/C14H19O3/c1-3-5-6-13(4-2)17-14(16)11-7-9-12(15)10-8-11/h7-10,13,15H,2-6H2,1H3. The topological polar surface area (TPSA) is 46.5 Å². The van der Waals surface area contributed by atoms with Gasteiger partial charge in [-0.25, -0.2) is 4.79 Å². The summed E-state index contributed by atoms with van der Waals surface area (Å²) in [5, 5.41) is 9.12. The van der Waals surface area contributed by atoms with Crippen LogP contribution in [0, 0.1) is 6.92 Å². The van der Waals surface area contributed by atoms with Crippen molar-refractivity contribution >= 4 is 5.97 Å². The fraction of sp³-hybridized carbons (Fsp3) is 0.429. The Morgan fingerprint density at radius 3 is 2.59 bits per heavy atom. The Bertz CT molecular complexity index is 343. The molecule has 0 spiro atoms. The molecule has 0 saturated heterocycles. The molecule has 1 rings (SSSR count). The Hall–Kier alpha value is -1.51. The molecule has 0 heterocycles. The van der Waals surface area contributed by atoms with Crippen LogP contribution in [0.5, 0.6) is 5.75 Å². The maximum atomic E-state index is 11.8. The number of aromatic hydroxyl groups is 1. The van der Waals surface area contributed by atoms with E-state index >= 15 is 0 Å². The van der Waals surface area contributed by atoms with Crippen molar-refractivity contribution in [2.45, 2.75) is 38.7 Å². The zero-order valence-electron chi connectivity index (χ0n) is 10.2. The van der Waals surface area contributed by atoms with E-state index in [1.807, 2.05) is 0 Å². The van der Waals surface area contributed by atoms with Crippen LogP contribution in [-0.2, 0) is 4.74 Å². The summed E-state index contributed by atoms with van der Waals surface area (Å²) in [6.45, 7) is 5.88. The van der Waals surface area contributed by atoms with Crippen LogP contribution in [0.1, 0.15) is 43.0 Å². The van der Waals surface area contributed by atoms with Gasteiger partial charge in [-0.15, -0.1) is 0 Å². The molecule has 0 fully saturated rings. The maximum Gasteiger partial charge on any atom is 0.338 e. The number of benzene rings is 1. The minimum atomic E-state index is -0.352. The molecule has 0 aliphatic rings. The number of rotatable bonds is 6. The zero-order valence-corrected chi connectivity index (χ0v) is 10.2. The Morgan fingerprint density at radius 2 is 2.06 bits per heavy atom. The Morgan fingerprint density at radius 1 is 1.41 bits per heavy atom. The van der Waals surface area contributed by atoms with Gasteiger partial charge in [-0.05, 0) is 44.0 Å². The van der Waals surface area contributed by atoms with E-state index in [1.165, 1.54) is 12.1 Å². The Labute approximate surface area is 102 Å². The summed E-state index contributed by atoms with van der Waals surface area (Å²) in [6.07, 6.45) is 3.43. The van der Waals surface area contributed by atoms with Crippen LogP contribution in [0.4, 0.5) is 0 Å². The summed E-state index contributed by atoms with van der Waals surface area (Å²) in [4.78, 5) is 11.8. The van der Waals surface area contributed by atoms with Gasteiger partial charge in [0.25, 0.3) is 0 Å². The lowest BCUT2D eigenvalue weighted by molar-refractivity contribution is 0.0282. The number of esters is 1. The van der Waals surface area contributed by atoms with Gasteiger partial charge in [0.15, 0.2) is 0 Å². The van der Waals surface area contributed by atoms with Crippen molar-refractivity contribution in [3.63, 3.8) is 0 Å². The minimum Gasteiger partial charge on any atom is -0.508 e. The fourth-order valence-electron chi connectivity index (χ4n) is 1.51. The predicted molar refractivity (Wildman–Crippen MR) is 66.8 cm³/mol. The summed E-state index contributed by atoms with van der Waals surface area (Å²) in [5.74, 6) is -0.212. The zero-order chi connectivity index (χ0) is 12.7. The van der Waals surface area contributed by atoms with Crippen LogP contribution in [-0.4, -0.2) is 17.2 Å². The van der Waals surface area contributed by atoms with Crippen LogP contribution < -0.4 is 0 Å². The number of phenols is 1. The van der Waals surface area contributed by atoms with E-state index in [-0.39, 0.29) is 17.8 Å². The van der Waals surface area contributed by atoms with Crippen molar-refractivity contribution in [1.82, 2.24) is 0 Å². The molecule has 0 aliphatic heterocycles. The number of hydrogen-bond donors (Lipinski definition) is 1. The van der Waals surface area contributed by atoms with Gasteiger partial charge < -0.3 is 9.84 Å². The van der Waals surface area contributed by atoms with Gasteiger partial charge in [0, 0.05) is 0 Å². The average Bonchev–Trinajstić information content (AvgIpc) is 2.35. The number of carbonyl (C=O) groups excluding carboxylic acids is 1. The molecule has 1 radical (unpaired) electrons. The molecule has 3 heteroatoms. The van der Waals surface area contributed by atoms with E-state index in [9.17, 15) is 4.79 Å². The van der Waals surface area contributed by atoms with Crippen molar-refractivity contribution in [1.29, 1.82) is 0 Å². The molecule has 17 heavy (non-hydrogen) atoms. The highest BCUT2D eigenvalue weighted by Gasteiger charge is 2.13. The summed E-state index contributed by atoms with van der Waals surface area (Å²) < 4.78 is 5.34. The third kappa shape index (κ3) is 4.47. The lowest BCUT2D eigenvalue weighted by Gasteiger charge is -2.15. The Balaban J connectivity index is 2.54. The van der Waals surface area contributed by atoms with E-state index in [0.717, 1.165) is 19.3 Å². The lowest BCUT2D eigenvalue weighted by atomic mass is 10.1. The van der Waals surface area contributed by atoms with Crippen LogP contribution >= 0.6 is 0 Å². The highest BCUT2D eigenvalue weighted by molar-refractivity contribution is 5.89. The van der Waals surface area contributed by atoms with Crippen LogP contribution in [0.25, 0.3) is 0 Å². The third-order valence-corrected chi connectivity index (χ3v) is 2.58. The number of hydrogen-bond acceptors (Lipinski definition) is 3. The van der Waals surface area contributed by atoms with E-state index in [4.69, 9.17) is 9.84 Å². The molecule has 1 unspecified atom stereocenters. The second kappa shape index (κ2) is 6.94. The smallest absolute Gasteiger partial charge is 0.338 e. The molecule has 0 amide bonds. The number of unbranched alkanes of at least 4 members (excludes halogenated alkanes) is 1. The first kappa shape index (κ1) is 13.6. The quantitative estimate of drug-likeness (QED) is 0.769. The van der Waals surface area contributed by atoms with Crippen LogP contribution in [0.15, 0.2) is 24.3 Å². The molecule has 0 aromatic heterocycles. The summed E-state index contributed by atoms with van der Waals surface area (Å²) in [6, 6.07) is 6.05. The van der Waals surface area contributed by atoms with Gasteiger partial charge >= 0.3 is 5.97 Å². The largest absolute Gasteiger partial charge is 0.508 e. The fourth-order valence-corrected chi connectivity index (χ4v) is 1.51. The molecule has 1 atom stereocenters. The van der Waals surface area contributed by atoms with Crippen molar-refractivity contribution in [2.75, 3.05) is 0 Å². The first-order valence-corrected chi connectivity index (χ1v) is 5.96. The monoisotopic (exact) mass is 235 g/mol. The van der Waals surface area contributed by atoms with Crippen molar-refractivity contribution in [3.8, 4) is 5.75 Å². The second-order valence-electron chi connectivity index (χ2n) is 4.01. The van der Waals surface area contributed by atoms with Crippen LogP contribution in [0.3, 0.4) is 0 Å². The third-order valence-electron chi connectivity index (χ3n) is 2.58. The van der Waals surface area contributed by atoms with Crippen molar-refractivity contribution in [2.24, 2.45) is 0 Å². The molecule has 1 aromatic carbocycles. The minimum absolute atomic E-state index is 0.115. The van der Waals surface area contributed by atoms with Crippen molar-refractivity contribution < 1.29 is 14.6 Å². The SMILES string of the molecule is [CH2]CC(CCCC)OC(=O)c1ccc(O)cc1. The molecule has 1 aromatic rings. The summed E-state index contributed by atoms with van der Waals surface area (Å²) >= 11 is 0. The van der Waals surface area contributed by atoms with Gasteiger partial charge in [-0.1, -0.05) is 19.8 Å². The first-order chi connectivity index (χ1) is 8.17. The number of phenolic OH excluding ortho intramolecular Hbond substituents is 1. The van der Waals surface area contributed by atoms with Gasteiger partial charge in [-0.3, -0.25) is 0 Å². The second-order valence-corrected chi connectivity index (χ2v) is 4.01. The van der Waals surface area contributed by atoms with E-state index in [2.05, 4.69) is 13.8 Å². The highest BCUT2D eigenvalue weighted by atomic mass is 16.5. The van der Waals surface area contributed by atoms with Crippen LogP contribution in [0.2, 0.25) is 0 Å². The van der Waals surface area contributed by atoms with E-state index in [1.54, 1.807) is 12.1 Å². The van der Waals surface area contributed by atoms with Gasteiger partial charge in [0.2, 0.25) is 0 Å². The van der Waals surface area contributed by atoms with Crippen molar-refractivity contribution in [3.05, 3.63) is 36.8 Å². The lowest BCUT2D eigenvalue weighted by Crippen LogP contribution is -2.17. The average molecular weight is 235 g/mol. The van der Waals surface area contributed by atoms with Gasteiger partial charge in [0.1, 0.15) is 11.9 Å². The first-order valence-electron chi connectivity index (χ1n) is 5.96. The maximum absolute atomic E-state index is 11.8. The van der Waals surface area contributed by atoms with Gasteiger partial charge in [-0.2, -0.15) is 0 Å². The molecule has 0 bridgehead atoms. The normalized spacial score (nSPS) is 12.1. The Kier molecular flexibility index (Phi) is 5.53. The molecular weight excluding hydrogens is 216 g/mol. The summed E-state index contributed by atoms with van der Waals surface area (Å²) in [7, 11) is 0. The molecule has 0 saturated carbocycles. The molecular formula is C14H19O3. The van der Waals surface area contributed by atoms with E-state index in [0.29, 0.717) is 12.0 Å². The predicted octanol–water partition coefficient (Wildman–Crippen LogP) is 3.33.